The van der Waals surface area contributed by atoms with E-state index in [9.17, 15) is 4.79 Å². The highest BCUT2D eigenvalue weighted by atomic mass is 16.5. The lowest BCUT2D eigenvalue weighted by Crippen LogP contribution is -2.46. The van der Waals surface area contributed by atoms with Crippen molar-refractivity contribution in [3.8, 4) is 0 Å². The number of benzene rings is 1. The maximum absolute atomic E-state index is 12.3. The molecule has 0 radical (unpaired) electrons. The van der Waals surface area contributed by atoms with Crippen LogP contribution in [0, 0.1) is 0 Å². The van der Waals surface area contributed by atoms with Crippen molar-refractivity contribution in [1.82, 2.24) is 20.0 Å². The fourth-order valence-corrected chi connectivity index (χ4v) is 3.27. The fourth-order valence-electron chi connectivity index (χ4n) is 3.27. The van der Waals surface area contributed by atoms with Crippen LogP contribution in [0.5, 0.6) is 0 Å². The van der Waals surface area contributed by atoms with E-state index < -0.39 is 0 Å². The zero-order valence-electron chi connectivity index (χ0n) is 15.1. The van der Waals surface area contributed by atoms with E-state index in [0.717, 1.165) is 49.3 Å². The van der Waals surface area contributed by atoms with Gasteiger partial charge in [-0.05, 0) is 17.3 Å². The first-order valence-corrected chi connectivity index (χ1v) is 9.02. The van der Waals surface area contributed by atoms with Crippen molar-refractivity contribution in [2.45, 2.75) is 26.3 Å². The molecule has 1 aliphatic heterocycles. The van der Waals surface area contributed by atoms with E-state index in [2.05, 4.69) is 24.9 Å². The van der Waals surface area contributed by atoms with Crippen molar-refractivity contribution in [2.24, 2.45) is 0 Å². The smallest absolute Gasteiger partial charge is 0.266 e. The Kier molecular flexibility index (Phi) is 4.46. The summed E-state index contributed by atoms with van der Waals surface area (Å²) in [5, 5.41) is 4.83. The van der Waals surface area contributed by atoms with Crippen LogP contribution in [0.4, 0.5) is 5.95 Å². The molecule has 1 aromatic carbocycles. The Balaban J connectivity index is 1.41. The lowest BCUT2D eigenvalue weighted by Gasteiger charge is -2.33. The number of nitrogens with one attached hydrogen (secondary N) is 1. The summed E-state index contributed by atoms with van der Waals surface area (Å²) in [6.45, 7) is 8.28. The molecule has 3 aromatic rings. The first-order chi connectivity index (χ1) is 12.6. The number of rotatable bonds is 4. The molecule has 7 heteroatoms. The molecular formula is C19H23N5O2. The third-order valence-corrected chi connectivity index (χ3v) is 4.77. The molecule has 26 heavy (non-hydrogen) atoms. The van der Waals surface area contributed by atoms with Crippen molar-refractivity contribution >= 4 is 16.9 Å². The van der Waals surface area contributed by atoms with Gasteiger partial charge in [0.2, 0.25) is 5.89 Å². The molecule has 0 spiro atoms. The summed E-state index contributed by atoms with van der Waals surface area (Å²) in [7, 11) is 0. The van der Waals surface area contributed by atoms with Gasteiger partial charge in [0.05, 0.1) is 0 Å². The molecule has 1 saturated heterocycles. The quantitative estimate of drug-likeness (QED) is 0.776. The molecule has 0 atom stereocenters. The zero-order valence-corrected chi connectivity index (χ0v) is 15.1. The molecule has 1 fully saturated rings. The number of aromatic nitrogens is 3. The number of anilines is 1. The van der Waals surface area contributed by atoms with Crippen LogP contribution in [0.3, 0.4) is 0 Å². The number of hydrogen-bond donors (Lipinski definition) is 1. The highest BCUT2D eigenvalue weighted by molar-refractivity contribution is 5.78. The van der Waals surface area contributed by atoms with Crippen LogP contribution in [-0.4, -0.2) is 46.2 Å². The predicted molar refractivity (Wildman–Crippen MR) is 100 cm³/mol. The third-order valence-electron chi connectivity index (χ3n) is 4.77. The average Bonchev–Trinajstić information content (AvgIpc) is 3.13. The monoisotopic (exact) mass is 353 g/mol. The van der Waals surface area contributed by atoms with Crippen LogP contribution in [-0.2, 0) is 6.54 Å². The van der Waals surface area contributed by atoms with E-state index in [1.807, 2.05) is 38.1 Å². The number of para-hydroxylation sites is 1. The number of fused-ring (bicyclic) bond motifs is 1. The second-order valence-electron chi connectivity index (χ2n) is 7.05. The van der Waals surface area contributed by atoms with E-state index in [0.29, 0.717) is 11.8 Å². The summed E-state index contributed by atoms with van der Waals surface area (Å²) in [4.78, 5) is 24.6. The Labute approximate surface area is 151 Å². The molecule has 3 heterocycles. The number of piperazine rings is 1. The van der Waals surface area contributed by atoms with Gasteiger partial charge in [-0.3, -0.25) is 9.69 Å². The van der Waals surface area contributed by atoms with Crippen molar-refractivity contribution in [3.63, 3.8) is 0 Å². The minimum Gasteiger partial charge on any atom is -0.357 e. The highest BCUT2D eigenvalue weighted by Crippen LogP contribution is 2.18. The Morgan fingerprint density at radius 1 is 1.19 bits per heavy atom. The number of H-pyrrole nitrogens is 1. The van der Waals surface area contributed by atoms with Gasteiger partial charge in [-0.25, -0.2) is 0 Å². The summed E-state index contributed by atoms with van der Waals surface area (Å²) in [5.74, 6) is 1.59. The van der Waals surface area contributed by atoms with Gasteiger partial charge in [-0.2, -0.15) is 4.98 Å². The van der Waals surface area contributed by atoms with Crippen LogP contribution < -0.4 is 10.3 Å². The van der Waals surface area contributed by atoms with E-state index in [-0.39, 0.29) is 11.3 Å². The van der Waals surface area contributed by atoms with Crippen molar-refractivity contribution in [2.75, 3.05) is 31.1 Å². The standard InChI is InChI=1S/C19H23N5O2/c1-13(2)18-21-19(22-26-18)24-9-7-23(8-10-24)12-14-11-17(25)15-5-3-4-6-16(15)20-14/h3-6,11,13H,7-10,12H2,1-2H3,(H,20,25). The summed E-state index contributed by atoms with van der Waals surface area (Å²) >= 11 is 0. The van der Waals surface area contributed by atoms with Gasteiger partial charge in [0.15, 0.2) is 5.43 Å². The van der Waals surface area contributed by atoms with Gasteiger partial charge in [0, 0.05) is 61.3 Å². The molecule has 0 amide bonds. The zero-order chi connectivity index (χ0) is 18.1. The first-order valence-electron chi connectivity index (χ1n) is 9.02. The van der Waals surface area contributed by atoms with Crippen LogP contribution in [0.15, 0.2) is 39.6 Å². The summed E-state index contributed by atoms with van der Waals surface area (Å²) in [6, 6.07) is 9.34. The van der Waals surface area contributed by atoms with Crippen LogP contribution in [0.2, 0.25) is 0 Å². The third kappa shape index (κ3) is 3.35. The molecular weight excluding hydrogens is 330 g/mol. The maximum atomic E-state index is 12.3. The second kappa shape index (κ2) is 6.92. The Morgan fingerprint density at radius 3 is 2.69 bits per heavy atom. The Hall–Kier alpha value is -2.67. The van der Waals surface area contributed by atoms with Crippen molar-refractivity contribution < 1.29 is 4.52 Å². The molecule has 4 rings (SSSR count). The molecule has 136 valence electrons. The molecule has 7 nitrogen and oxygen atoms in total. The highest BCUT2D eigenvalue weighted by Gasteiger charge is 2.22. The minimum atomic E-state index is 0.0704. The first kappa shape index (κ1) is 16.8. The molecule has 0 saturated carbocycles. The SMILES string of the molecule is CC(C)c1nc(N2CCN(Cc3cc(=O)c4ccccc4[nH]3)CC2)no1. The largest absolute Gasteiger partial charge is 0.357 e. The summed E-state index contributed by atoms with van der Waals surface area (Å²) < 4.78 is 5.30. The van der Waals surface area contributed by atoms with Crippen molar-refractivity contribution in [1.29, 1.82) is 0 Å². The van der Waals surface area contributed by atoms with Crippen LogP contribution >= 0.6 is 0 Å². The lowest BCUT2D eigenvalue weighted by atomic mass is 10.2. The van der Waals surface area contributed by atoms with E-state index in [4.69, 9.17) is 4.52 Å². The van der Waals surface area contributed by atoms with Crippen LogP contribution in [0.25, 0.3) is 10.9 Å². The number of nitrogens with zero attached hydrogens (tertiary/aromatic N) is 4. The normalized spacial score (nSPS) is 15.9. The molecule has 0 bridgehead atoms. The molecule has 1 aliphatic rings. The molecule has 2 aromatic heterocycles. The number of aromatic amines is 1. The Bertz CT molecular complexity index is 954. The predicted octanol–water partition coefficient (Wildman–Crippen LogP) is 2.36. The molecule has 0 unspecified atom stereocenters. The van der Waals surface area contributed by atoms with E-state index in [1.165, 1.54) is 0 Å². The average molecular weight is 353 g/mol. The maximum Gasteiger partial charge on any atom is 0.266 e. The van der Waals surface area contributed by atoms with Gasteiger partial charge in [0.1, 0.15) is 0 Å². The molecule has 1 N–H and O–H groups in total. The fraction of sp³-hybridized carbons (Fsp3) is 0.421. The topological polar surface area (TPSA) is 78.3 Å². The van der Waals surface area contributed by atoms with E-state index in [1.54, 1.807) is 6.07 Å². The molecule has 0 aliphatic carbocycles. The van der Waals surface area contributed by atoms with Gasteiger partial charge < -0.3 is 14.4 Å². The van der Waals surface area contributed by atoms with Gasteiger partial charge in [0.25, 0.3) is 5.95 Å². The lowest BCUT2D eigenvalue weighted by molar-refractivity contribution is 0.245. The van der Waals surface area contributed by atoms with Crippen LogP contribution in [0.1, 0.15) is 31.4 Å². The minimum absolute atomic E-state index is 0.0704. The summed E-state index contributed by atoms with van der Waals surface area (Å²) in [5.41, 5.74) is 1.91. The van der Waals surface area contributed by atoms with E-state index >= 15 is 0 Å². The number of hydrogen-bond acceptors (Lipinski definition) is 6. The summed E-state index contributed by atoms with van der Waals surface area (Å²) in [6.07, 6.45) is 0. The van der Waals surface area contributed by atoms with Gasteiger partial charge in [-0.1, -0.05) is 26.0 Å². The van der Waals surface area contributed by atoms with Crippen molar-refractivity contribution in [3.05, 3.63) is 52.1 Å². The second-order valence-corrected chi connectivity index (χ2v) is 7.05. The number of pyridine rings is 1. The Morgan fingerprint density at radius 2 is 1.96 bits per heavy atom. The van der Waals surface area contributed by atoms with Gasteiger partial charge >= 0.3 is 0 Å². The van der Waals surface area contributed by atoms with Gasteiger partial charge in [-0.15, -0.1) is 0 Å².